The molecule has 2 atom stereocenters. The molecule has 3 aromatic rings. The molecule has 0 spiro atoms. The average molecular weight is 525 g/mol. The first kappa shape index (κ1) is 26.7. The third-order valence-corrected chi connectivity index (χ3v) is 5.92. The third-order valence-electron chi connectivity index (χ3n) is 5.92. The van der Waals surface area contributed by atoms with Gasteiger partial charge in [0.2, 0.25) is 6.29 Å². The standard InChI is InChI=1S/C27H22F7NO2/c1-17(20-13-21(26(29,30)31)15-22(14-20)27(32,33)34)37-25-24(19-7-9-23(28)10-8-19)35(11-12-36-25)16-18-5-3-2-4-6-18/h2-10,13-15,24-25H,1,11-12,16H2/t24-,25?/m0/s1. The predicted molar refractivity (Wildman–Crippen MR) is 122 cm³/mol. The van der Waals surface area contributed by atoms with Crippen molar-refractivity contribution >= 4 is 5.76 Å². The van der Waals surface area contributed by atoms with Crippen molar-refractivity contribution < 1.29 is 40.2 Å². The minimum Gasteiger partial charge on any atom is -0.463 e. The molecule has 0 amide bonds. The van der Waals surface area contributed by atoms with Crippen LogP contribution < -0.4 is 0 Å². The first-order valence-electron chi connectivity index (χ1n) is 11.2. The van der Waals surface area contributed by atoms with Crippen LogP contribution >= 0.6 is 0 Å². The Bertz CT molecular complexity index is 1190. The number of morpholine rings is 1. The van der Waals surface area contributed by atoms with Gasteiger partial charge in [-0.15, -0.1) is 0 Å². The van der Waals surface area contributed by atoms with Crippen LogP contribution in [0.2, 0.25) is 0 Å². The molecule has 1 fully saturated rings. The van der Waals surface area contributed by atoms with Crippen LogP contribution in [-0.4, -0.2) is 24.3 Å². The second-order valence-corrected chi connectivity index (χ2v) is 8.53. The molecule has 3 nitrogen and oxygen atoms in total. The topological polar surface area (TPSA) is 21.7 Å². The molecule has 1 heterocycles. The van der Waals surface area contributed by atoms with Gasteiger partial charge in [-0.2, -0.15) is 26.3 Å². The van der Waals surface area contributed by atoms with E-state index in [0.29, 0.717) is 30.8 Å². The lowest BCUT2D eigenvalue weighted by Crippen LogP contribution is -2.45. The van der Waals surface area contributed by atoms with Gasteiger partial charge >= 0.3 is 12.4 Å². The fourth-order valence-electron chi connectivity index (χ4n) is 4.13. The lowest BCUT2D eigenvalue weighted by molar-refractivity contribution is -0.181. The van der Waals surface area contributed by atoms with Crippen LogP contribution in [0.4, 0.5) is 30.7 Å². The zero-order valence-corrected chi connectivity index (χ0v) is 19.3. The summed E-state index contributed by atoms with van der Waals surface area (Å²) in [5.41, 5.74) is -1.89. The Morgan fingerprint density at radius 1 is 0.892 bits per heavy atom. The van der Waals surface area contributed by atoms with Gasteiger partial charge in [-0.05, 0) is 41.5 Å². The summed E-state index contributed by atoms with van der Waals surface area (Å²) in [6, 6.07) is 15.4. The summed E-state index contributed by atoms with van der Waals surface area (Å²) >= 11 is 0. The normalized spacial score (nSPS) is 19.0. The van der Waals surface area contributed by atoms with E-state index in [2.05, 4.69) is 6.58 Å². The van der Waals surface area contributed by atoms with E-state index in [1.807, 2.05) is 35.2 Å². The van der Waals surface area contributed by atoms with Crippen molar-refractivity contribution in [1.29, 1.82) is 0 Å². The quantitative estimate of drug-likeness (QED) is 0.247. The monoisotopic (exact) mass is 525 g/mol. The Labute approximate surface area is 208 Å². The second-order valence-electron chi connectivity index (χ2n) is 8.53. The van der Waals surface area contributed by atoms with Gasteiger partial charge in [-0.1, -0.05) is 49.0 Å². The average Bonchev–Trinajstić information content (AvgIpc) is 2.84. The number of alkyl halides is 6. The van der Waals surface area contributed by atoms with Crippen molar-refractivity contribution in [3.63, 3.8) is 0 Å². The third kappa shape index (κ3) is 6.50. The molecule has 4 rings (SSSR count). The van der Waals surface area contributed by atoms with E-state index in [4.69, 9.17) is 9.47 Å². The lowest BCUT2D eigenvalue weighted by atomic mass is 10.0. The molecule has 0 aliphatic carbocycles. The summed E-state index contributed by atoms with van der Waals surface area (Å²) < 4.78 is 105. The molecule has 0 N–H and O–H groups in total. The first-order valence-corrected chi connectivity index (χ1v) is 11.2. The van der Waals surface area contributed by atoms with E-state index in [-0.39, 0.29) is 12.7 Å². The highest BCUT2D eigenvalue weighted by atomic mass is 19.4. The molecule has 37 heavy (non-hydrogen) atoms. The minimum absolute atomic E-state index is 0.0385. The zero-order valence-electron chi connectivity index (χ0n) is 19.3. The highest BCUT2D eigenvalue weighted by Crippen LogP contribution is 2.39. The molecule has 10 heteroatoms. The molecule has 0 bridgehead atoms. The smallest absolute Gasteiger partial charge is 0.416 e. The molecule has 196 valence electrons. The molecular formula is C27H22F7NO2. The van der Waals surface area contributed by atoms with Crippen molar-refractivity contribution in [1.82, 2.24) is 4.90 Å². The van der Waals surface area contributed by atoms with Gasteiger partial charge in [0.25, 0.3) is 0 Å². The Hall–Kier alpha value is -3.37. The lowest BCUT2D eigenvalue weighted by Gasteiger charge is -2.41. The van der Waals surface area contributed by atoms with Crippen LogP contribution in [0.25, 0.3) is 5.76 Å². The summed E-state index contributed by atoms with van der Waals surface area (Å²) in [4.78, 5) is 1.98. The van der Waals surface area contributed by atoms with Crippen LogP contribution in [0.15, 0.2) is 79.4 Å². The van der Waals surface area contributed by atoms with Gasteiger partial charge in [0.1, 0.15) is 11.6 Å². The summed E-state index contributed by atoms with van der Waals surface area (Å²) in [6.07, 6.45) is -11.2. The van der Waals surface area contributed by atoms with Crippen LogP contribution in [0.3, 0.4) is 0 Å². The van der Waals surface area contributed by atoms with Crippen LogP contribution in [0.1, 0.15) is 33.9 Å². The maximum absolute atomic E-state index is 13.6. The molecule has 1 saturated heterocycles. The van der Waals surface area contributed by atoms with Gasteiger partial charge < -0.3 is 9.47 Å². The number of hydrogen-bond acceptors (Lipinski definition) is 3. The summed E-state index contributed by atoms with van der Waals surface area (Å²) in [5, 5.41) is 0. The van der Waals surface area contributed by atoms with E-state index in [9.17, 15) is 30.7 Å². The maximum atomic E-state index is 13.6. The van der Waals surface area contributed by atoms with Crippen LogP contribution in [0.5, 0.6) is 0 Å². The van der Waals surface area contributed by atoms with E-state index >= 15 is 0 Å². The number of hydrogen-bond donors (Lipinski definition) is 0. The summed E-state index contributed by atoms with van der Waals surface area (Å²) in [7, 11) is 0. The highest BCUT2D eigenvalue weighted by Gasteiger charge is 2.39. The minimum atomic E-state index is -5.01. The molecule has 0 radical (unpaired) electrons. The fourth-order valence-corrected chi connectivity index (χ4v) is 4.13. The van der Waals surface area contributed by atoms with Crippen LogP contribution in [-0.2, 0) is 28.4 Å². The van der Waals surface area contributed by atoms with Gasteiger partial charge in [0, 0.05) is 18.7 Å². The Balaban J connectivity index is 1.67. The van der Waals surface area contributed by atoms with Gasteiger partial charge in [-0.3, -0.25) is 4.90 Å². The van der Waals surface area contributed by atoms with Crippen molar-refractivity contribution in [3.05, 3.63) is 113 Å². The number of benzene rings is 3. The van der Waals surface area contributed by atoms with Crippen molar-refractivity contribution in [3.8, 4) is 0 Å². The highest BCUT2D eigenvalue weighted by molar-refractivity contribution is 5.60. The maximum Gasteiger partial charge on any atom is 0.416 e. The van der Waals surface area contributed by atoms with Crippen molar-refractivity contribution in [2.24, 2.45) is 0 Å². The summed E-state index contributed by atoms with van der Waals surface area (Å²) in [5.74, 6) is -0.893. The second kappa shape index (κ2) is 10.5. The fraction of sp³-hybridized carbons (Fsp3) is 0.259. The Morgan fingerprint density at radius 3 is 2.05 bits per heavy atom. The predicted octanol–water partition coefficient (Wildman–Crippen LogP) is 7.45. The zero-order chi connectivity index (χ0) is 26.8. The van der Waals surface area contributed by atoms with Crippen molar-refractivity contribution in [2.75, 3.05) is 13.2 Å². The molecule has 1 aliphatic rings. The number of halogens is 7. The number of rotatable bonds is 6. The number of nitrogens with zero attached hydrogens (tertiary/aromatic N) is 1. The summed E-state index contributed by atoms with van der Waals surface area (Å²) in [6.45, 7) is 4.67. The van der Waals surface area contributed by atoms with Gasteiger partial charge in [0.15, 0.2) is 0 Å². The Morgan fingerprint density at radius 2 is 1.49 bits per heavy atom. The van der Waals surface area contributed by atoms with Gasteiger partial charge in [-0.25, -0.2) is 4.39 Å². The van der Waals surface area contributed by atoms with E-state index in [1.54, 1.807) is 0 Å². The van der Waals surface area contributed by atoms with E-state index in [0.717, 1.165) is 5.56 Å². The SMILES string of the molecule is C=C(OC1OCCN(Cc2ccccc2)[C@H]1c1ccc(F)cc1)c1cc(C(F)(F)F)cc(C(F)(F)F)c1. The van der Waals surface area contributed by atoms with Crippen LogP contribution in [0, 0.1) is 5.82 Å². The van der Waals surface area contributed by atoms with Crippen molar-refractivity contribution in [2.45, 2.75) is 31.2 Å². The largest absolute Gasteiger partial charge is 0.463 e. The molecule has 0 aromatic heterocycles. The number of ether oxygens (including phenoxy) is 2. The Kier molecular flexibility index (Phi) is 7.61. The molecule has 1 aliphatic heterocycles. The molecular weight excluding hydrogens is 503 g/mol. The molecule has 3 aromatic carbocycles. The van der Waals surface area contributed by atoms with E-state index < -0.39 is 53.0 Å². The molecule has 1 unspecified atom stereocenters. The van der Waals surface area contributed by atoms with E-state index in [1.165, 1.54) is 24.3 Å². The first-order chi connectivity index (χ1) is 17.4. The van der Waals surface area contributed by atoms with Gasteiger partial charge in [0.05, 0.1) is 23.8 Å². The molecule has 0 saturated carbocycles.